The van der Waals surface area contributed by atoms with E-state index in [1.807, 2.05) is 19.1 Å². The van der Waals surface area contributed by atoms with Gasteiger partial charge in [0.1, 0.15) is 0 Å². The van der Waals surface area contributed by atoms with Gasteiger partial charge in [0.2, 0.25) is 10.0 Å². The standard InChI is InChI=1S/C14H14BrNO2S2/c1-9-13(8-14(15)19-9)20(17,18)16-12-6-10-4-2-3-5-11(10)7-12/h2-5,8,12,16H,6-7H2,1H3. The summed E-state index contributed by atoms with van der Waals surface area (Å²) in [6.45, 7) is 1.83. The van der Waals surface area contributed by atoms with E-state index in [9.17, 15) is 8.42 Å². The van der Waals surface area contributed by atoms with E-state index < -0.39 is 10.0 Å². The van der Waals surface area contributed by atoms with Crippen LogP contribution in [0.4, 0.5) is 0 Å². The molecule has 0 aliphatic heterocycles. The van der Waals surface area contributed by atoms with Crippen molar-refractivity contribution in [3.05, 3.63) is 50.1 Å². The first-order chi connectivity index (χ1) is 9.45. The highest BCUT2D eigenvalue weighted by molar-refractivity contribution is 9.11. The number of hydrogen-bond donors (Lipinski definition) is 1. The van der Waals surface area contributed by atoms with Crippen molar-refractivity contribution >= 4 is 37.3 Å². The number of halogens is 1. The van der Waals surface area contributed by atoms with Gasteiger partial charge in [-0.15, -0.1) is 11.3 Å². The molecule has 0 radical (unpaired) electrons. The number of hydrogen-bond acceptors (Lipinski definition) is 3. The van der Waals surface area contributed by atoms with Crippen molar-refractivity contribution in [3.8, 4) is 0 Å². The van der Waals surface area contributed by atoms with Gasteiger partial charge in [0.05, 0.1) is 8.68 Å². The SMILES string of the molecule is Cc1sc(Br)cc1S(=O)(=O)NC1Cc2ccccc2C1. The zero-order chi connectivity index (χ0) is 14.3. The van der Waals surface area contributed by atoms with Crippen molar-refractivity contribution in [2.45, 2.75) is 30.7 Å². The number of rotatable bonds is 3. The van der Waals surface area contributed by atoms with Crippen LogP contribution in [0.1, 0.15) is 16.0 Å². The first-order valence-electron chi connectivity index (χ1n) is 6.31. The molecule has 0 fully saturated rings. The molecule has 3 nitrogen and oxygen atoms in total. The summed E-state index contributed by atoms with van der Waals surface area (Å²) in [4.78, 5) is 1.19. The summed E-state index contributed by atoms with van der Waals surface area (Å²) in [5.74, 6) is 0. The highest BCUT2D eigenvalue weighted by atomic mass is 79.9. The predicted octanol–water partition coefficient (Wildman–Crippen LogP) is 3.26. The summed E-state index contributed by atoms with van der Waals surface area (Å²) in [6, 6.07) is 9.75. The van der Waals surface area contributed by atoms with Crippen LogP contribution >= 0.6 is 27.3 Å². The van der Waals surface area contributed by atoms with Crippen molar-refractivity contribution in [2.75, 3.05) is 0 Å². The molecular formula is C14H14BrNO2S2. The van der Waals surface area contributed by atoms with E-state index in [4.69, 9.17) is 0 Å². The van der Waals surface area contributed by atoms with Gasteiger partial charge in [0.15, 0.2) is 0 Å². The molecular weight excluding hydrogens is 358 g/mol. The van der Waals surface area contributed by atoms with Gasteiger partial charge < -0.3 is 0 Å². The van der Waals surface area contributed by atoms with Crippen molar-refractivity contribution in [1.29, 1.82) is 0 Å². The molecule has 1 aliphatic carbocycles. The minimum Gasteiger partial charge on any atom is -0.207 e. The topological polar surface area (TPSA) is 46.2 Å². The molecule has 0 saturated carbocycles. The van der Waals surface area contributed by atoms with E-state index in [1.165, 1.54) is 22.5 Å². The zero-order valence-electron chi connectivity index (χ0n) is 10.9. The number of aryl methyl sites for hydroxylation is 1. The summed E-state index contributed by atoms with van der Waals surface area (Å²) < 4.78 is 28.6. The Labute approximate surface area is 131 Å². The highest BCUT2D eigenvalue weighted by Crippen LogP contribution is 2.30. The smallest absolute Gasteiger partial charge is 0.207 e. The maximum absolute atomic E-state index is 12.4. The quantitative estimate of drug-likeness (QED) is 0.899. The largest absolute Gasteiger partial charge is 0.241 e. The van der Waals surface area contributed by atoms with Crippen LogP contribution in [0.5, 0.6) is 0 Å². The first-order valence-corrected chi connectivity index (χ1v) is 9.40. The maximum Gasteiger partial charge on any atom is 0.241 e. The Hall–Kier alpha value is -0.690. The van der Waals surface area contributed by atoms with Crippen LogP contribution in [0.15, 0.2) is 39.0 Å². The minimum atomic E-state index is -3.44. The van der Waals surface area contributed by atoms with Crippen molar-refractivity contribution in [2.24, 2.45) is 0 Å². The van der Waals surface area contributed by atoms with Crippen LogP contribution in [0.25, 0.3) is 0 Å². The van der Waals surface area contributed by atoms with Crippen LogP contribution in [0.3, 0.4) is 0 Å². The molecule has 0 atom stereocenters. The number of nitrogens with one attached hydrogen (secondary N) is 1. The number of fused-ring (bicyclic) bond motifs is 1. The summed E-state index contributed by atoms with van der Waals surface area (Å²) >= 11 is 4.78. The highest BCUT2D eigenvalue weighted by Gasteiger charge is 2.27. The zero-order valence-corrected chi connectivity index (χ0v) is 14.1. The van der Waals surface area contributed by atoms with Crippen LogP contribution in [0, 0.1) is 6.92 Å². The van der Waals surface area contributed by atoms with Gasteiger partial charge in [0.25, 0.3) is 0 Å². The number of sulfonamides is 1. The molecule has 106 valence electrons. The van der Waals surface area contributed by atoms with E-state index in [1.54, 1.807) is 6.07 Å². The third-order valence-electron chi connectivity index (χ3n) is 3.50. The Bertz CT molecular complexity index is 727. The van der Waals surface area contributed by atoms with Gasteiger partial charge in [-0.2, -0.15) is 0 Å². The Morgan fingerprint density at radius 3 is 2.35 bits per heavy atom. The minimum absolute atomic E-state index is 0.0459. The second kappa shape index (κ2) is 5.26. The number of thiophene rings is 1. The molecule has 0 bridgehead atoms. The molecule has 6 heteroatoms. The molecule has 3 rings (SSSR count). The van der Waals surface area contributed by atoms with Crippen LogP contribution in [0.2, 0.25) is 0 Å². The van der Waals surface area contributed by atoms with E-state index in [0.717, 1.165) is 21.5 Å². The van der Waals surface area contributed by atoms with Gasteiger partial charge in [-0.25, -0.2) is 13.1 Å². The van der Waals surface area contributed by atoms with E-state index in [-0.39, 0.29) is 6.04 Å². The van der Waals surface area contributed by atoms with Gasteiger partial charge in [0, 0.05) is 10.9 Å². The van der Waals surface area contributed by atoms with E-state index in [2.05, 4.69) is 32.8 Å². The van der Waals surface area contributed by atoms with Gasteiger partial charge in [-0.3, -0.25) is 0 Å². The first kappa shape index (κ1) is 14.3. The fraction of sp³-hybridized carbons (Fsp3) is 0.286. The summed E-state index contributed by atoms with van der Waals surface area (Å²) in [5, 5.41) is 0. The van der Waals surface area contributed by atoms with Gasteiger partial charge in [-0.1, -0.05) is 24.3 Å². The summed E-state index contributed by atoms with van der Waals surface area (Å²) in [5.41, 5.74) is 2.48. The molecule has 1 aliphatic rings. The fourth-order valence-electron chi connectivity index (χ4n) is 2.62. The lowest BCUT2D eigenvalue weighted by molar-refractivity contribution is 0.555. The molecule has 1 aromatic heterocycles. The molecule has 20 heavy (non-hydrogen) atoms. The average Bonchev–Trinajstić information content (AvgIpc) is 2.91. The summed E-state index contributed by atoms with van der Waals surface area (Å²) in [7, 11) is -3.44. The Balaban J connectivity index is 1.81. The summed E-state index contributed by atoms with van der Waals surface area (Å²) in [6.07, 6.45) is 1.53. The third kappa shape index (κ3) is 2.70. The molecule has 1 aromatic carbocycles. The lowest BCUT2D eigenvalue weighted by Gasteiger charge is -2.12. The van der Waals surface area contributed by atoms with Crippen molar-refractivity contribution in [3.63, 3.8) is 0 Å². The van der Waals surface area contributed by atoms with Crippen LogP contribution in [-0.4, -0.2) is 14.5 Å². The Kier molecular flexibility index (Phi) is 3.75. The van der Waals surface area contributed by atoms with Crippen molar-refractivity contribution < 1.29 is 8.42 Å². The van der Waals surface area contributed by atoms with E-state index in [0.29, 0.717) is 4.90 Å². The lowest BCUT2D eigenvalue weighted by atomic mass is 10.1. The monoisotopic (exact) mass is 371 g/mol. The Morgan fingerprint density at radius 2 is 1.85 bits per heavy atom. The van der Waals surface area contributed by atoms with Crippen LogP contribution in [-0.2, 0) is 22.9 Å². The fourth-order valence-corrected chi connectivity index (χ4v) is 6.27. The third-order valence-corrected chi connectivity index (χ3v) is 6.83. The molecule has 2 aromatic rings. The molecule has 0 saturated heterocycles. The Morgan fingerprint density at radius 1 is 1.25 bits per heavy atom. The molecule has 0 spiro atoms. The van der Waals surface area contributed by atoms with Crippen LogP contribution < -0.4 is 4.72 Å². The average molecular weight is 372 g/mol. The second-order valence-electron chi connectivity index (χ2n) is 4.97. The second-order valence-corrected chi connectivity index (χ2v) is 9.28. The van der Waals surface area contributed by atoms with E-state index >= 15 is 0 Å². The lowest BCUT2D eigenvalue weighted by Crippen LogP contribution is -2.35. The molecule has 0 amide bonds. The normalized spacial score (nSPS) is 15.5. The maximum atomic E-state index is 12.4. The molecule has 1 N–H and O–H groups in total. The van der Waals surface area contributed by atoms with Gasteiger partial charge in [-0.05, 0) is 52.9 Å². The molecule has 1 heterocycles. The van der Waals surface area contributed by atoms with Gasteiger partial charge >= 0.3 is 0 Å². The molecule has 0 unspecified atom stereocenters. The predicted molar refractivity (Wildman–Crippen MR) is 84.7 cm³/mol. The van der Waals surface area contributed by atoms with Crippen molar-refractivity contribution in [1.82, 2.24) is 4.72 Å². The number of benzene rings is 1.